The third-order valence-corrected chi connectivity index (χ3v) is 3.22. The lowest BCUT2D eigenvalue weighted by molar-refractivity contribution is -0.138. The Labute approximate surface area is 125 Å². The first kappa shape index (κ1) is 15.5. The summed E-state index contributed by atoms with van der Waals surface area (Å²) in [7, 11) is 0. The Kier molecular flexibility index (Phi) is 4.04. The maximum absolute atomic E-state index is 12.8. The smallest absolute Gasteiger partial charge is 0.416 e. The molecule has 112 valence electrons. The van der Waals surface area contributed by atoms with Crippen LogP contribution < -0.4 is 0 Å². The normalized spacial score (nSPS) is 11.7. The second kappa shape index (κ2) is 5.47. The highest BCUT2D eigenvalue weighted by Gasteiger charge is 2.31. The average molecular weight is 364 g/mol. The van der Waals surface area contributed by atoms with E-state index in [0.29, 0.717) is 5.69 Å². The molecule has 21 heavy (non-hydrogen) atoms. The first-order chi connectivity index (χ1) is 9.68. The number of hydrogen-bond acceptors (Lipinski definition) is 3. The number of benzene rings is 1. The molecule has 0 fully saturated rings. The van der Waals surface area contributed by atoms with Crippen molar-refractivity contribution in [2.75, 3.05) is 0 Å². The van der Waals surface area contributed by atoms with Crippen LogP contribution in [0.1, 0.15) is 17.0 Å². The molecule has 0 bridgehead atoms. The highest BCUT2D eigenvalue weighted by Crippen LogP contribution is 2.33. The zero-order chi connectivity index (χ0) is 15.8. The number of rotatable bonds is 3. The number of aliphatic carboxylic acids is 1. The van der Waals surface area contributed by atoms with Gasteiger partial charge in [0.15, 0.2) is 0 Å². The number of nitrogens with zero attached hydrogens (tertiary/aromatic N) is 3. The van der Waals surface area contributed by atoms with E-state index in [-0.39, 0.29) is 22.3 Å². The third kappa shape index (κ3) is 3.41. The summed E-state index contributed by atoms with van der Waals surface area (Å²) in [6.45, 7) is 1.55. The molecule has 0 aliphatic heterocycles. The summed E-state index contributed by atoms with van der Waals surface area (Å²) in [5.74, 6) is -1.09. The fourth-order valence-corrected chi connectivity index (χ4v) is 2.25. The summed E-state index contributed by atoms with van der Waals surface area (Å²) >= 11 is 3.02. The minimum absolute atomic E-state index is 0.151. The van der Waals surface area contributed by atoms with E-state index in [4.69, 9.17) is 5.11 Å². The molecule has 2 aromatic rings. The SMILES string of the molecule is Cc1c(CC(=O)O)nnn1-c1cc(Br)cc(C(F)(F)F)c1. The minimum Gasteiger partial charge on any atom is -0.481 e. The van der Waals surface area contributed by atoms with Crippen molar-refractivity contribution in [1.82, 2.24) is 15.0 Å². The molecule has 1 heterocycles. The molecule has 5 nitrogen and oxygen atoms in total. The average Bonchev–Trinajstić information content (AvgIpc) is 2.68. The number of halogens is 4. The van der Waals surface area contributed by atoms with Crippen molar-refractivity contribution in [2.45, 2.75) is 19.5 Å². The van der Waals surface area contributed by atoms with Crippen LogP contribution in [0.5, 0.6) is 0 Å². The van der Waals surface area contributed by atoms with Gasteiger partial charge in [0.05, 0.1) is 29.1 Å². The minimum atomic E-state index is -4.49. The van der Waals surface area contributed by atoms with Crippen molar-refractivity contribution in [1.29, 1.82) is 0 Å². The van der Waals surface area contributed by atoms with Crippen molar-refractivity contribution < 1.29 is 23.1 Å². The zero-order valence-corrected chi connectivity index (χ0v) is 12.2. The van der Waals surface area contributed by atoms with Gasteiger partial charge in [0, 0.05) is 4.47 Å². The molecule has 1 N–H and O–H groups in total. The molecule has 0 spiro atoms. The summed E-state index contributed by atoms with van der Waals surface area (Å²) < 4.78 is 39.8. The van der Waals surface area contributed by atoms with Gasteiger partial charge in [-0.25, -0.2) is 4.68 Å². The Bertz CT molecular complexity index is 698. The fraction of sp³-hybridized carbons (Fsp3) is 0.250. The number of hydrogen-bond donors (Lipinski definition) is 1. The number of carboxylic acid groups (broad SMARTS) is 1. The summed E-state index contributed by atoms with van der Waals surface area (Å²) in [5.41, 5.74) is -0.0976. The van der Waals surface area contributed by atoms with Gasteiger partial charge in [0.1, 0.15) is 0 Å². The number of carbonyl (C=O) groups is 1. The first-order valence-electron chi connectivity index (χ1n) is 5.69. The van der Waals surface area contributed by atoms with Gasteiger partial charge in [-0.2, -0.15) is 13.2 Å². The summed E-state index contributed by atoms with van der Waals surface area (Å²) in [6, 6.07) is 3.33. The molecule has 1 aromatic carbocycles. The number of aromatic nitrogens is 3. The number of alkyl halides is 3. The lowest BCUT2D eigenvalue weighted by Gasteiger charge is -2.10. The first-order valence-corrected chi connectivity index (χ1v) is 6.49. The highest BCUT2D eigenvalue weighted by molar-refractivity contribution is 9.10. The van der Waals surface area contributed by atoms with Crippen LogP contribution in [0.2, 0.25) is 0 Å². The van der Waals surface area contributed by atoms with Crippen molar-refractivity contribution in [3.63, 3.8) is 0 Å². The summed E-state index contributed by atoms with van der Waals surface area (Å²) in [5, 5.41) is 16.1. The molecule has 0 amide bonds. The van der Waals surface area contributed by atoms with Gasteiger partial charge in [0.2, 0.25) is 0 Å². The second-order valence-corrected chi connectivity index (χ2v) is 5.22. The molecule has 0 radical (unpaired) electrons. The van der Waals surface area contributed by atoms with Crippen molar-refractivity contribution in [2.24, 2.45) is 0 Å². The van der Waals surface area contributed by atoms with Crippen LogP contribution in [0.4, 0.5) is 13.2 Å². The summed E-state index contributed by atoms with van der Waals surface area (Å²) in [6.07, 6.45) is -4.83. The van der Waals surface area contributed by atoms with Gasteiger partial charge in [-0.15, -0.1) is 5.10 Å². The van der Waals surface area contributed by atoms with Crippen LogP contribution >= 0.6 is 15.9 Å². The maximum Gasteiger partial charge on any atom is 0.416 e. The topological polar surface area (TPSA) is 68.0 Å². The molecule has 0 saturated carbocycles. The van der Waals surface area contributed by atoms with E-state index in [0.717, 1.165) is 12.1 Å². The largest absolute Gasteiger partial charge is 0.481 e. The predicted octanol–water partition coefficient (Wildman–Crippen LogP) is 2.98. The van der Waals surface area contributed by atoms with E-state index in [1.54, 1.807) is 6.92 Å². The van der Waals surface area contributed by atoms with E-state index in [1.165, 1.54) is 10.7 Å². The molecule has 9 heteroatoms. The van der Waals surface area contributed by atoms with E-state index < -0.39 is 17.7 Å². The standard InChI is InChI=1S/C12H9BrF3N3O2/c1-6-10(5-11(20)21)17-18-19(6)9-3-7(12(14,15)16)2-8(13)4-9/h2-4H,5H2,1H3,(H,20,21). The van der Waals surface area contributed by atoms with Crippen LogP contribution in [0.15, 0.2) is 22.7 Å². The van der Waals surface area contributed by atoms with Gasteiger partial charge >= 0.3 is 12.1 Å². The second-order valence-electron chi connectivity index (χ2n) is 4.30. The molecular formula is C12H9BrF3N3O2. The van der Waals surface area contributed by atoms with Crippen LogP contribution in [-0.4, -0.2) is 26.1 Å². The molecule has 2 rings (SSSR count). The lowest BCUT2D eigenvalue weighted by Crippen LogP contribution is -2.08. The van der Waals surface area contributed by atoms with Crippen molar-refractivity contribution in [3.05, 3.63) is 39.6 Å². The molecular weight excluding hydrogens is 355 g/mol. The Morgan fingerprint density at radius 3 is 2.62 bits per heavy atom. The molecule has 1 aromatic heterocycles. The monoisotopic (exact) mass is 363 g/mol. The Balaban J connectivity index is 2.50. The van der Waals surface area contributed by atoms with Gasteiger partial charge in [-0.1, -0.05) is 21.1 Å². The van der Waals surface area contributed by atoms with Crippen LogP contribution in [0.3, 0.4) is 0 Å². The lowest BCUT2D eigenvalue weighted by atomic mass is 10.2. The maximum atomic E-state index is 12.8. The number of carboxylic acids is 1. The van der Waals surface area contributed by atoms with Crippen LogP contribution in [0.25, 0.3) is 5.69 Å². The van der Waals surface area contributed by atoms with E-state index in [9.17, 15) is 18.0 Å². The zero-order valence-electron chi connectivity index (χ0n) is 10.6. The molecule has 0 atom stereocenters. The van der Waals surface area contributed by atoms with Crippen LogP contribution in [0, 0.1) is 6.92 Å². The van der Waals surface area contributed by atoms with Gasteiger partial charge < -0.3 is 5.11 Å². The van der Waals surface area contributed by atoms with Crippen LogP contribution in [-0.2, 0) is 17.4 Å². The third-order valence-electron chi connectivity index (χ3n) is 2.76. The summed E-state index contributed by atoms with van der Waals surface area (Å²) in [4.78, 5) is 10.7. The quantitative estimate of drug-likeness (QED) is 0.910. The van der Waals surface area contributed by atoms with E-state index in [1.807, 2.05) is 0 Å². The Hall–Kier alpha value is -1.90. The molecule has 0 unspecified atom stereocenters. The van der Waals surface area contributed by atoms with Crippen molar-refractivity contribution in [3.8, 4) is 5.69 Å². The highest BCUT2D eigenvalue weighted by atomic mass is 79.9. The Morgan fingerprint density at radius 1 is 1.38 bits per heavy atom. The van der Waals surface area contributed by atoms with Gasteiger partial charge in [-0.3, -0.25) is 4.79 Å². The molecule has 0 aliphatic rings. The fourth-order valence-electron chi connectivity index (χ4n) is 1.77. The van der Waals surface area contributed by atoms with E-state index >= 15 is 0 Å². The Morgan fingerprint density at radius 2 is 2.05 bits per heavy atom. The van der Waals surface area contributed by atoms with Crippen molar-refractivity contribution >= 4 is 21.9 Å². The predicted molar refractivity (Wildman–Crippen MR) is 70.1 cm³/mol. The van der Waals surface area contributed by atoms with Gasteiger partial charge in [-0.05, 0) is 25.1 Å². The molecule has 0 aliphatic carbocycles. The van der Waals surface area contributed by atoms with Gasteiger partial charge in [0.25, 0.3) is 0 Å². The van der Waals surface area contributed by atoms with E-state index in [2.05, 4.69) is 26.2 Å². The molecule has 0 saturated heterocycles.